The van der Waals surface area contributed by atoms with Crippen LogP contribution in [0.25, 0.3) is 0 Å². The number of anilines is 1. The summed E-state index contributed by atoms with van der Waals surface area (Å²) in [5.41, 5.74) is 2.61. The highest BCUT2D eigenvalue weighted by Gasteiger charge is 2.22. The van der Waals surface area contributed by atoms with Crippen molar-refractivity contribution < 1.29 is 4.74 Å². The molecule has 1 aliphatic rings. The summed E-state index contributed by atoms with van der Waals surface area (Å²) < 4.78 is 5.56. The lowest BCUT2D eigenvalue weighted by Crippen LogP contribution is -2.35. The quantitative estimate of drug-likeness (QED) is 0.901. The number of piperidine rings is 1. The van der Waals surface area contributed by atoms with Crippen LogP contribution in [0.15, 0.2) is 18.2 Å². The minimum atomic E-state index is 0.295. The van der Waals surface area contributed by atoms with Crippen LogP contribution in [-0.4, -0.2) is 27.2 Å². The van der Waals surface area contributed by atoms with E-state index in [9.17, 15) is 0 Å². The Morgan fingerprint density at radius 1 is 1.42 bits per heavy atom. The number of nitrogens with zero attached hydrogens (tertiary/aromatic N) is 1. The van der Waals surface area contributed by atoms with Gasteiger partial charge in [-0.1, -0.05) is 13.0 Å². The van der Waals surface area contributed by atoms with E-state index >= 15 is 0 Å². The molecule has 1 aromatic carbocycles. The van der Waals surface area contributed by atoms with Gasteiger partial charge in [-0.15, -0.1) is 0 Å². The van der Waals surface area contributed by atoms with Gasteiger partial charge in [0.1, 0.15) is 5.75 Å². The van der Waals surface area contributed by atoms with E-state index in [4.69, 9.17) is 4.74 Å². The molecule has 0 radical (unpaired) electrons. The van der Waals surface area contributed by atoms with Gasteiger partial charge in [0, 0.05) is 30.4 Å². The maximum atomic E-state index is 5.56. The number of methoxy groups -OCH3 is 1. The Morgan fingerprint density at radius 2 is 2.21 bits per heavy atom. The molecule has 0 amide bonds. The lowest BCUT2D eigenvalue weighted by Gasteiger charge is -2.35. The van der Waals surface area contributed by atoms with Crippen molar-refractivity contribution in [1.29, 1.82) is 0 Å². The van der Waals surface area contributed by atoms with Crippen molar-refractivity contribution in [2.75, 3.05) is 32.1 Å². The van der Waals surface area contributed by atoms with Crippen molar-refractivity contribution in [3.05, 3.63) is 23.8 Å². The fourth-order valence-electron chi connectivity index (χ4n) is 2.97. The summed E-state index contributed by atoms with van der Waals surface area (Å²) in [6.07, 6.45) is 2.63. The molecule has 19 heavy (non-hydrogen) atoms. The van der Waals surface area contributed by atoms with Gasteiger partial charge in [0.05, 0.1) is 7.11 Å². The van der Waals surface area contributed by atoms with Crippen LogP contribution in [0.5, 0.6) is 5.75 Å². The van der Waals surface area contributed by atoms with Crippen LogP contribution in [-0.2, 0) is 0 Å². The average molecular weight is 262 g/mol. The Morgan fingerprint density at radius 3 is 2.84 bits per heavy atom. The minimum Gasteiger partial charge on any atom is -0.496 e. The number of ether oxygens (including phenoxy) is 1. The normalized spacial score (nSPS) is 21.3. The maximum Gasteiger partial charge on any atom is 0.125 e. The van der Waals surface area contributed by atoms with E-state index in [2.05, 4.69) is 42.3 Å². The molecule has 0 bridgehead atoms. The molecular weight excluding hydrogens is 236 g/mol. The molecule has 1 fully saturated rings. The van der Waals surface area contributed by atoms with Crippen molar-refractivity contribution in [1.82, 2.24) is 5.32 Å². The molecule has 2 rings (SSSR count). The molecule has 2 atom stereocenters. The third kappa shape index (κ3) is 3.03. The molecule has 1 aliphatic heterocycles. The Bertz CT molecular complexity index is 419. The van der Waals surface area contributed by atoms with E-state index in [-0.39, 0.29) is 0 Å². The fraction of sp³-hybridized carbons (Fsp3) is 0.625. The standard InChI is InChI=1S/C16H26N2O/c1-12-7-6-10-18(11-12)14-8-5-9-15(19-4)16(14)13(2)17-3/h5,8-9,12-13,17H,6-7,10-11H2,1-4H3. The van der Waals surface area contributed by atoms with E-state index < -0.39 is 0 Å². The summed E-state index contributed by atoms with van der Waals surface area (Å²) in [6, 6.07) is 6.67. The second kappa shape index (κ2) is 6.29. The molecule has 0 spiro atoms. The topological polar surface area (TPSA) is 24.5 Å². The van der Waals surface area contributed by atoms with E-state index in [1.54, 1.807) is 7.11 Å². The summed E-state index contributed by atoms with van der Waals surface area (Å²) in [7, 11) is 3.75. The van der Waals surface area contributed by atoms with Gasteiger partial charge in [-0.25, -0.2) is 0 Å². The summed E-state index contributed by atoms with van der Waals surface area (Å²) >= 11 is 0. The van der Waals surface area contributed by atoms with Gasteiger partial charge in [-0.05, 0) is 44.9 Å². The molecule has 1 N–H and O–H groups in total. The van der Waals surface area contributed by atoms with Crippen LogP contribution in [0.1, 0.15) is 38.3 Å². The first-order chi connectivity index (χ1) is 9.17. The number of nitrogens with one attached hydrogen (secondary N) is 1. The van der Waals surface area contributed by atoms with Crippen molar-refractivity contribution in [3.8, 4) is 5.75 Å². The Balaban J connectivity index is 2.38. The zero-order valence-corrected chi connectivity index (χ0v) is 12.6. The first-order valence-corrected chi connectivity index (χ1v) is 7.26. The molecule has 2 unspecified atom stereocenters. The molecule has 0 saturated carbocycles. The van der Waals surface area contributed by atoms with Gasteiger partial charge in [-0.3, -0.25) is 0 Å². The van der Waals surface area contributed by atoms with E-state index in [0.717, 1.165) is 24.8 Å². The summed E-state index contributed by atoms with van der Waals surface area (Å²) in [4.78, 5) is 2.51. The molecule has 0 aromatic heterocycles. The lowest BCUT2D eigenvalue weighted by atomic mass is 9.97. The molecule has 3 nitrogen and oxygen atoms in total. The predicted octanol–water partition coefficient (Wildman–Crippen LogP) is 3.21. The van der Waals surface area contributed by atoms with Gasteiger partial charge in [-0.2, -0.15) is 0 Å². The molecule has 106 valence electrons. The summed E-state index contributed by atoms with van der Waals surface area (Å²) in [6.45, 7) is 6.83. The highest BCUT2D eigenvalue weighted by Crippen LogP contribution is 2.36. The zero-order valence-electron chi connectivity index (χ0n) is 12.6. The Hall–Kier alpha value is -1.22. The zero-order chi connectivity index (χ0) is 13.8. The lowest BCUT2D eigenvalue weighted by molar-refractivity contribution is 0.401. The van der Waals surface area contributed by atoms with Crippen LogP contribution in [0.4, 0.5) is 5.69 Å². The highest BCUT2D eigenvalue weighted by atomic mass is 16.5. The van der Waals surface area contributed by atoms with Gasteiger partial charge in [0.15, 0.2) is 0 Å². The SMILES string of the molecule is CNC(C)c1c(OC)cccc1N1CCCC(C)C1. The van der Waals surface area contributed by atoms with Crippen molar-refractivity contribution in [3.63, 3.8) is 0 Å². The molecule has 3 heteroatoms. The molecule has 0 aliphatic carbocycles. The molecule has 1 saturated heterocycles. The van der Waals surface area contributed by atoms with Gasteiger partial charge in [0.25, 0.3) is 0 Å². The highest BCUT2D eigenvalue weighted by molar-refractivity contribution is 5.61. The molecule has 1 aromatic rings. The maximum absolute atomic E-state index is 5.56. The van der Waals surface area contributed by atoms with Crippen LogP contribution in [0.3, 0.4) is 0 Å². The van der Waals surface area contributed by atoms with Crippen molar-refractivity contribution >= 4 is 5.69 Å². The first kappa shape index (κ1) is 14.2. The van der Waals surface area contributed by atoms with Crippen LogP contribution in [0, 0.1) is 5.92 Å². The molecular formula is C16H26N2O. The van der Waals surface area contributed by atoms with E-state index in [1.807, 2.05) is 7.05 Å². The second-order valence-electron chi connectivity index (χ2n) is 5.60. The monoisotopic (exact) mass is 262 g/mol. The van der Waals surface area contributed by atoms with Gasteiger partial charge < -0.3 is 15.0 Å². The summed E-state index contributed by atoms with van der Waals surface area (Å²) in [5.74, 6) is 1.76. The number of rotatable bonds is 4. The molecule has 1 heterocycles. The van der Waals surface area contributed by atoms with Crippen LogP contribution < -0.4 is 15.0 Å². The third-order valence-corrected chi connectivity index (χ3v) is 4.13. The number of hydrogen-bond acceptors (Lipinski definition) is 3. The number of benzene rings is 1. The second-order valence-corrected chi connectivity index (χ2v) is 5.60. The van der Waals surface area contributed by atoms with Gasteiger partial charge in [0.2, 0.25) is 0 Å². The number of hydrogen-bond donors (Lipinski definition) is 1. The van der Waals surface area contributed by atoms with Crippen molar-refractivity contribution in [2.24, 2.45) is 5.92 Å². The fourth-order valence-corrected chi connectivity index (χ4v) is 2.97. The van der Waals surface area contributed by atoms with E-state index in [0.29, 0.717) is 6.04 Å². The average Bonchev–Trinajstić information content (AvgIpc) is 2.45. The van der Waals surface area contributed by atoms with Crippen LogP contribution in [0.2, 0.25) is 0 Å². The van der Waals surface area contributed by atoms with E-state index in [1.165, 1.54) is 24.1 Å². The summed E-state index contributed by atoms with van der Waals surface area (Å²) in [5, 5.41) is 3.34. The minimum absolute atomic E-state index is 0.295. The Kier molecular flexibility index (Phi) is 4.70. The third-order valence-electron chi connectivity index (χ3n) is 4.13. The van der Waals surface area contributed by atoms with Gasteiger partial charge >= 0.3 is 0 Å². The largest absolute Gasteiger partial charge is 0.496 e. The first-order valence-electron chi connectivity index (χ1n) is 7.26. The van der Waals surface area contributed by atoms with Crippen LogP contribution >= 0.6 is 0 Å². The smallest absolute Gasteiger partial charge is 0.125 e. The predicted molar refractivity (Wildman–Crippen MR) is 81.1 cm³/mol. The van der Waals surface area contributed by atoms with Crippen molar-refractivity contribution in [2.45, 2.75) is 32.7 Å². The Labute approximate surface area is 116 Å².